The van der Waals surface area contributed by atoms with Crippen molar-refractivity contribution in [2.45, 2.75) is 6.18 Å². The van der Waals surface area contributed by atoms with E-state index in [9.17, 15) is 17.6 Å². The smallest absolute Gasteiger partial charge is 0.419 e. The number of aryl methyl sites for hydroxylation is 1. The number of nitrogens with zero attached hydrogens (tertiary/aromatic N) is 3. The van der Waals surface area contributed by atoms with Crippen LogP contribution in [0, 0.1) is 9.65 Å². The molecule has 0 spiro atoms. The minimum absolute atomic E-state index is 0.0177. The first kappa shape index (κ1) is 14.0. The van der Waals surface area contributed by atoms with E-state index in [1.54, 1.807) is 0 Å². The van der Waals surface area contributed by atoms with Gasteiger partial charge in [-0.1, -0.05) is 0 Å². The van der Waals surface area contributed by atoms with Crippen LogP contribution in [0.4, 0.5) is 17.6 Å². The monoisotopic (exact) mass is 387 g/mol. The fourth-order valence-electron chi connectivity index (χ4n) is 1.32. The standard InChI is InChI=1S/C10H6F4IN3O/c1-18-9(16-8(15)17-18)19-5-2-3-7(11)6(4-5)10(12,13)14/h2-4H,1H3. The number of hydrogen-bond donors (Lipinski definition) is 0. The maximum atomic E-state index is 13.1. The van der Waals surface area contributed by atoms with Gasteiger partial charge in [-0.05, 0) is 18.2 Å². The number of alkyl halides is 3. The second kappa shape index (κ2) is 4.94. The Kier molecular flexibility index (Phi) is 3.65. The molecule has 0 bridgehead atoms. The summed E-state index contributed by atoms with van der Waals surface area (Å²) in [5.41, 5.74) is -1.39. The number of ether oxygens (including phenoxy) is 1. The fraction of sp³-hybridized carbons (Fsp3) is 0.200. The van der Waals surface area contributed by atoms with Gasteiger partial charge in [0.1, 0.15) is 11.6 Å². The highest BCUT2D eigenvalue weighted by molar-refractivity contribution is 14.1. The normalized spacial score (nSPS) is 11.7. The van der Waals surface area contributed by atoms with E-state index in [-0.39, 0.29) is 11.8 Å². The van der Waals surface area contributed by atoms with Gasteiger partial charge in [0.15, 0.2) is 0 Å². The molecule has 19 heavy (non-hydrogen) atoms. The number of hydrogen-bond acceptors (Lipinski definition) is 3. The first-order valence-corrected chi connectivity index (χ1v) is 5.96. The molecule has 0 N–H and O–H groups in total. The Labute approximate surface area is 118 Å². The Balaban J connectivity index is 2.34. The van der Waals surface area contributed by atoms with Crippen LogP contribution >= 0.6 is 22.6 Å². The number of benzene rings is 1. The van der Waals surface area contributed by atoms with Crippen molar-refractivity contribution in [1.82, 2.24) is 14.8 Å². The van der Waals surface area contributed by atoms with Gasteiger partial charge in [0.25, 0.3) is 0 Å². The lowest BCUT2D eigenvalue weighted by molar-refractivity contribution is -0.140. The van der Waals surface area contributed by atoms with Crippen LogP contribution in [-0.2, 0) is 13.2 Å². The van der Waals surface area contributed by atoms with Crippen molar-refractivity contribution < 1.29 is 22.3 Å². The van der Waals surface area contributed by atoms with Crippen molar-refractivity contribution in [1.29, 1.82) is 0 Å². The minimum atomic E-state index is -4.78. The molecule has 102 valence electrons. The average Bonchev–Trinajstić information content (AvgIpc) is 2.58. The predicted molar refractivity (Wildman–Crippen MR) is 65.2 cm³/mol. The van der Waals surface area contributed by atoms with Gasteiger partial charge in [-0.3, -0.25) is 0 Å². The Morgan fingerprint density at radius 2 is 2.00 bits per heavy atom. The summed E-state index contributed by atoms with van der Waals surface area (Å²) in [5.74, 6) is -1.52. The molecule has 1 heterocycles. The number of halogens is 5. The Bertz CT molecular complexity index is 611. The molecule has 0 atom stereocenters. The van der Waals surface area contributed by atoms with E-state index in [4.69, 9.17) is 4.74 Å². The highest BCUT2D eigenvalue weighted by Crippen LogP contribution is 2.34. The summed E-state index contributed by atoms with van der Waals surface area (Å²) in [6.45, 7) is 0. The maximum absolute atomic E-state index is 13.1. The van der Waals surface area contributed by atoms with Crippen molar-refractivity contribution in [2.24, 2.45) is 7.05 Å². The van der Waals surface area contributed by atoms with Gasteiger partial charge in [-0.25, -0.2) is 9.07 Å². The van der Waals surface area contributed by atoms with Crippen molar-refractivity contribution in [2.75, 3.05) is 0 Å². The van der Waals surface area contributed by atoms with Crippen LogP contribution in [-0.4, -0.2) is 14.8 Å². The highest BCUT2D eigenvalue weighted by atomic mass is 127. The van der Waals surface area contributed by atoms with Crippen LogP contribution in [0.25, 0.3) is 0 Å². The SMILES string of the molecule is Cn1nc(I)nc1Oc1ccc(F)c(C(F)(F)F)c1. The molecule has 1 aromatic heterocycles. The molecule has 0 saturated carbocycles. The lowest BCUT2D eigenvalue weighted by Gasteiger charge is -2.10. The van der Waals surface area contributed by atoms with Gasteiger partial charge in [0, 0.05) is 29.6 Å². The molecule has 0 amide bonds. The Morgan fingerprint density at radius 3 is 2.53 bits per heavy atom. The molecule has 0 radical (unpaired) electrons. The van der Waals surface area contributed by atoms with E-state index >= 15 is 0 Å². The van der Waals surface area contributed by atoms with Crippen molar-refractivity contribution in [3.05, 3.63) is 33.4 Å². The van der Waals surface area contributed by atoms with Gasteiger partial charge in [0.05, 0.1) is 5.56 Å². The van der Waals surface area contributed by atoms with Crippen LogP contribution in [0.2, 0.25) is 0 Å². The molecule has 0 aliphatic rings. The van der Waals surface area contributed by atoms with Gasteiger partial charge in [-0.15, -0.1) is 5.10 Å². The lowest BCUT2D eigenvalue weighted by Crippen LogP contribution is -2.08. The summed E-state index contributed by atoms with van der Waals surface area (Å²) in [6.07, 6.45) is -4.78. The van der Waals surface area contributed by atoms with Crippen LogP contribution in [0.15, 0.2) is 18.2 Å². The molecule has 9 heteroatoms. The van der Waals surface area contributed by atoms with Crippen LogP contribution in [0.5, 0.6) is 11.8 Å². The van der Waals surface area contributed by atoms with Crippen LogP contribution < -0.4 is 4.74 Å². The lowest BCUT2D eigenvalue weighted by atomic mass is 10.2. The Hall–Kier alpha value is -1.39. The largest absolute Gasteiger partial charge is 0.424 e. The summed E-state index contributed by atoms with van der Waals surface area (Å²) < 4.78 is 57.4. The van der Waals surface area contributed by atoms with E-state index in [1.807, 2.05) is 22.6 Å². The highest BCUT2D eigenvalue weighted by Gasteiger charge is 2.34. The van der Waals surface area contributed by atoms with Crippen molar-refractivity contribution >= 4 is 22.6 Å². The summed E-state index contributed by atoms with van der Waals surface area (Å²) in [5, 5.41) is 3.87. The molecule has 0 unspecified atom stereocenters. The molecule has 2 aromatic rings. The molecular formula is C10H6F4IN3O. The Morgan fingerprint density at radius 1 is 1.32 bits per heavy atom. The second-order valence-electron chi connectivity index (χ2n) is 3.53. The third-order valence-electron chi connectivity index (χ3n) is 2.15. The summed E-state index contributed by atoms with van der Waals surface area (Å²) >= 11 is 1.83. The van der Waals surface area contributed by atoms with Gasteiger partial charge in [0.2, 0.25) is 3.83 Å². The van der Waals surface area contributed by atoms with E-state index in [1.165, 1.54) is 11.7 Å². The van der Waals surface area contributed by atoms with Crippen molar-refractivity contribution in [3.63, 3.8) is 0 Å². The molecule has 0 saturated heterocycles. The van der Waals surface area contributed by atoms with E-state index < -0.39 is 17.6 Å². The zero-order chi connectivity index (χ0) is 14.2. The zero-order valence-corrected chi connectivity index (χ0v) is 11.5. The molecule has 0 aliphatic heterocycles. The minimum Gasteiger partial charge on any atom is -0.424 e. The molecular weight excluding hydrogens is 381 g/mol. The molecule has 2 rings (SSSR count). The van der Waals surface area contributed by atoms with E-state index in [0.717, 1.165) is 6.07 Å². The number of aromatic nitrogens is 3. The van der Waals surface area contributed by atoms with Gasteiger partial charge >= 0.3 is 12.2 Å². The maximum Gasteiger partial charge on any atom is 0.419 e. The summed E-state index contributed by atoms with van der Waals surface area (Å²) in [7, 11) is 1.53. The quantitative estimate of drug-likeness (QED) is 0.586. The molecule has 1 aromatic carbocycles. The van der Waals surface area contributed by atoms with Crippen molar-refractivity contribution in [3.8, 4) is 11.8 Å². The van der Waals surface area contributed by atoms with E-state index in [2.05, 4.69) is 10.1 Å². The van der Waals surface area contributed by atoms with Crippen LogP contribution in [0.1, 0.15) is 5.56 Å². The van der Waals surface area contributed by atoms with Crippen LogP contribution in [0.3, 0.4) is 0 Å². The van der Waals surface area contributed by atoms with Gasteiger partial charge in [-0.2, -0.15) is 18.2 Å². The topological polar surface area (TPSA) is 39.9 Å². The summed E-state index contributed by atoms with van der Waals surface area (Å²) in [4.78, 5) is 3.86. The molecule has 0 aliphatic carbocycles. The average molecular weight is 387 g/mol. The first-order valence-electron chi connectivity index (χ1n) is 4.88. The predicted octanol–water partition coefficient (Wildman–Crippen LogP) is 3.37. The summed E-state index contributed by atoms with van der Waals surface area (Å²) in [6, 6.07) is 2.38. The molecule has 4 nitrogen and oxygen atoms in total. The zero-order valence-electron chi connectivity index (χ0n) is 9.37. The second-order valence-corrected chi connectivity index (χ2v) is 4.49. The third-order valence-corrected chi connectivity index (χ3v) is 2.61. The molecule has 0 fully saturated rings. The van der Waals surface area contributed by atoms with Gasteiger partial charge < -0.3 is 4.74 Å². The van der Waals surface area contributed by atoms with E-state index in [0.29, 0.717) is 16.0 Å². The third kappa shape index (κ3) is 3.14. The first-order chi connectivity index (χ1) is 8.77. The fourth-order valence-corrected chi connectivity index (χ4v) is 1.85. The number of rotatable bonds is 2.